The summed E-state index contributed by atoms with van der Waals surface area (Å²) in [6.07, 6.45) is 9.11. The smallest absolute Gasteiger partial charge is 0.408 e. The molecule has 1 unspecified atom stereocenters. The SMILES string of the molecule is CCOC(=O)[C@@]12C[C@H]1C=CCCCCC[C@H](NC(=O)OC(C)(C)C)C(=O)N1CC(n3nc(-c4ccc(OC)cc4)c(-c4nccs4)n3)C[C@H]1C(=O)N2. The molecule has 2 N–H and O–H groups in total. The number of esters is 1. The zero-order valence-electron chi connectivity index (χ0n) is 30.3. The molecule has 1 aliphatic carbocycles. The molecular formula is C37H47N7O7S. The van der Waals surface area contributed by atoms with Gasteiger partial charge in [0, 0.05) is 36.0 Å². The maximum atomic E-state index is 14.5. The van der Waals surface area contributed by atoms with Crippen LogP contribution in [0.25, 0.3) is 22.0 Å². The van der Waals surface area contributed by atoms with E-state index >= 15 is 0 Å². The van der Waals surface area contributed by atoms with Crippen molar-refractivity contribution in [3.05, 3.63) is 48.0 Å². The quantitative estimate of drug-likeness (QED) is 0.247. The predicted molar refractivity (Wildman–Crippen MR) is 193 cm³/mol. The highest BCUT2D eigenvalue weighted by Crippen LogP contribution is 2.46. The molecule has 52 heavy (non-hydrogen) atoms. The van der Waals surface area contributed by atoms with Gasteiger partial charge in [-0.15, -0.1) is 16.4 Å². The normalized spacial score (nSPS) is 25.2. The van der Waals surface area contributed by atoms with Crippen LogP contribution >= 0.6 is 11.3 Å². The summed E-state index contributed by atoms with van der Waals surface area (Å²) in [6, 6.07) is 5.02. The monoisotopic (exact) mass is 733 g/mol. The molecule has 6 rings (SSSR count). The number of amides is 3. The van der Waals surface area contributed by atoms with E-state index in [1.54, 1.807) is 45.8 Å². The molecule has 2 aliphatic heterocycles. The molecule has 5 atom stereocenters. The van der Waals surface area contributed by atoms with Crippen molar-refractivity contribution < 1.29 is 33.4 Å². The molecule has 0 bridgehead atoms. The van der Waals surface area contributed by atoms with Crippen LogP contribution in [0, 0.1) is 5.92 Å². The molecule has 2 fully saturated rings. The third kappa shape index (κ3) is 8.14. The molecule has 4 heterocycles. The Balaban J connectivity index is 1.36. The highest BCUT2D eigenvalue weighted by atomic mass is 32.1. The zero-order valence-corrected chi connectivity index (χ0v) is 31.1. The average Bonchev–Trinajstić information content (AvgIpc) is 3.57. The number of carbonyl (C=O) groups is 4. The third-order valence-electron chi connectivity index (χ3n) is 9.54. The van der Waals surface area contributed by atoms with Crippen LogP contribution in [0.3, 0.4) is 0 Å². The lowest BCUT2D eigenvalue weighted by atomic mass is 10.0. The van der Waals surface area contributed by atoms with E-state index in [4.69, 9.17) is 24.4 Å². The second kappa shape index (κ2) is 15.4. The number of methoxy groups -OCH3 is 1. The fourth-order valence-electron chi connectivity index (χ4n) is 6.85. The first kappa shape index (κ1) is 37.0. The molecule has 2 aromatic heterocycles. The number of aromatic nitrogens is 4. The first-order valence-corrected chi connectivity index (χ1v) is 18.8. The number of fused-ring (bicyclic) bond motifs is 2. The van der Waals surface area contributed by atoms with Gasteiger partial charge in [-0.1, -0.05) is 25.0 Å². The van der Waals surface area contributed by atoms with E-state index in [0.29, 0.717) is 41.4 Å². The van der Waals surface area contributed by atoms with Crippen LogP contribution in [-0.4, -0.2) is 92.2 Å². The molecule has 1 saturated heterocycles. The summed E-state index contributed by atoms with van der Waals surface area (Å²) in [5.74, 6) is -0.912. The van der Waals surface area contributed by atoms with Gasteiger partial charge in [0.05, 0.1) is 19.8 Å². The molecule has 278 valence electrons. The van der Waals surface area contributed by atoms with E-state index in [2.05, 4.69) is 15.6 Å². The summed E-state index contributed by atoms with van der Waals surface area (Å²) in [5.41, 5.74) is -0.0287. The third-order valence-corrected chi connectivity index (χ3v) is 10.3. The standard InChI is InChI=1S/C37H47N7O7S/c1-6-50-34(47)37-21-24(37)12-10-8-7-9-11-13-27(39-35(48)51-36(2,3)4)33(46)43-22-25(20-28(43)31(45)40-37)44-41-29(23-14-16-26(49-5)17-15-23)30(42-44)32-38-18-19-52-32/h10,12,14-19,24-25,27-28H,6-9,11,13,20-22H2,1-5H3,(H,39,48)(H,40,45)/t24-,25?,27+,28+,37-/m1/s1. The predicted octanol–water partition coefficient (Wildman–Crippen LogP) is 5.07. The number of nitrogens with one attached hydrogen (secondary N) is 2. The number of benzene rings is 1. The van der Waals surface area contributed by atoms with Crippen LogP contribution in [0.15, 0.2) is 48.0 Å². The lowest BCUT2D eigenvalue weighted by Crippen LogP contribution is -2.56. The van der Waals surface area contributed by atoms with Crippen molar-refractivity contribution in [3.8, 4) is 27.7 Å². The highest BCUT2D eigenvalue weighted by molar-refractivity contribution is 7.13. The van der Waals surface area contributed by atoms with Gasteiger partial charge in [0.15, 0.2) is 0 Å². The van der Waals surface area contributed by atoms with Gasteiger partial charge >= 0.3 is 12.1 Å². The summed E-state index contributed by atoms with van der Waals surface area (Å²) < 4.78 is 16.3. The van der Waals surface area contributed by atoms with Gasteiger partial charge in [0.2, 0.25) is 11.8 Å². The van der Waals surface area contributed by atoms with E-state index in [0.717, 1.165) is 24.8 Å². The maximum Gasteiger partial charge on any atom is 0.408 e. The van der Waals surface area contributed by atoms with Crippen LogP contribution in [0.4, 0.5) is 4.79 Å². The minimum atomic E-state index is -1.21. The number of hydrogen-bond acceptors (Lipinski definition) is 11. The van der Waals surface area contributed by atoms with E-state index < -0.39 is 53.1 Å². The van der Waals surface area contributed by atoms with Crippen molar-refractivity contribution in [3.63, 3.8) is 0 Å². The fourth-order valence-corrected chi connectivity index (χ4v) is 7.48. The summed E-state index contributed by atoms with van der Waals surface area (Å²) in [5, 5.41) is 18.1. The average molecular weight is 734 g/mol. The van der Waals surface area contributed by atoms with Crippen LogP contribution in [0.2, 0.25) is 0 Å². The lowest BCUT2D eigenvalue weighted by molar-refractivity contribution is -0.150. The van der Waals surface area contributed by atoms with Crippen LogP contribution < -0.4 is 15.4 Å². The summed E-state index contributed by atoms with van der Waals surface area (Å²) in [4.78, 5) is 62.7. The summed E-state index contributed by atoms with van der Waals surface area (Å²) >= 11 is 1.43. The first-order valence-electron chi connectivity index (χ1n) is 17.9. The Hall–Kier alpha value is -4.79. The molecule has 14 nitrogen and oxygen atoms in total. The highest BCUT2D eigenvalue weighted by Gasteiger charge is 2.62. The Labute approximate surface area is 307 Å². The van der Waals surface area contributed by atoms with Gasteiger partial charge in [-0.3, -0.25) is 9.59 Å². The van der Waals surface area contributed by atoms with Crippen molar-refractivity contribution in [2.75, 3.05) is 20.3 Å². The number of carbonyl (C=O) groups excluding carboxylic acids is 4. The minimum absolute atomic E-state index is 0.0905. The van der Waals surface area contributed by atoms with Crippen LogP contribution in [-0.2, 0) is 23.9 Å². The second-order valence-corrected chi connectivity index (χ2v) is 15.3. The Morgan fingerprint density at radius 1 is 1.10 bits per heavy atom. The maximum absolute atomic E-state index is 14.5. The van der Waals surface area contributed by atoms with E-state index in [1.165, 1.54) is 16.2 Å². The van der Waals surface area contributed by atoms with Crippen LogP contribution in [0.5, 0.6) is 5.75 Å². The molecule has 3 aliphatic rings. The fraction of sp³-hybridized carbons (Fsp3) is 0.541. The Morgan fingerprint density at radius 3 is 2.56 bits per heavy atom. The van der Waals surface area contributed by atoms with Gasteiger partial charge in [0.25, 0.3) is 0 Å². The topological polar surface area (TPSA) is 167 Å². The van der Waals surface area contributed by atoms with Crippen molar-refractivity contribution in [2.24, 2.45) is 5.92 Å². The van der Waals surface area contributed by atoms with Gasteiger partial charge in [-0.25, -0.2) is 14.6 Å². The summed E-state index contributed by atoms with van der Waals surface area (Å²) in [7, 11) is 1.60. The Kier molecular flexibility index (Phi) is 11.0. The number of thiazole rings is 1. The largest absolute Gasteiger partial charge is 0.497 e. The molecular weight excluding hydrogens is 687 g/mol. The Morgan fingerprint density at radius 2 is 1.87 bits per heavy atom. The molecule has 1 aromatic carbocycles. The van der Waals surface area contributed by atoms with Gasteiger partial charge < -0.3 is 29.7 Å². The first-order chi connectivity index (χ1) is 24.9. The number of nitrogens with zero attached hydrogens (tertiary/aromatic N) is 5. The van der Waals surface area contributed by atoms with E-state index in [-0.39, 0.29) is 25.5 Å². The minimum Gasteiger partial charge on any atom is -0.497 e. The molecule has 1 saturated carbocycles. The molecule has 0 radical (unpaired) electrons. The van der Waals surface area contributed by atoms with Crippen molar-refractivity contribution in [1.82, 2.24) is 35.5 Å². The van der Waals surface area contributed by atoms with Gasteiger partial charge in [-0.2, -0.15) is 9.90 Å². The lowest BCUT2D eigenvalue weighted by Gasteiger charge is -2.30. The van der Waals surface area contributed by atoms with E-state index in [9.17, 15) is 19.2 Å². The number of alkyl carbamates (subject to hydrolysis) is 1. The molecule has 0 spiro atoms. The van der Waals surface area contributed by atoms with E-state index in [1.807, 2.05) is 41.8 Å². The van der Waals surface area contributed by atoms with Gasteiger partial charge in [-0.05, 0) is 77.6 Å². The summed E-state index contributed by atoms with van der Waals surface area (Å²) in [6.45, 7) is 7.26. The number of ether oxygens (including phenoxy) is 3. The molecule has 3 amide bonds. The number of allylic oxidation sites excluding steroid dienone is 1. The van der Waals surface area contributed by atoms with Crippen molar-refractivity contribution in [2.45, 2.75) is 102 Å². The number of rotatable bonds is 7. The molecule has 15 heteroatoms. The second-order valence-electron chi connectivity index (χ2n) is 14.4. The Bertz CT molecular complexity index is 1790. The van der Waals surface area contributed by atoms with Crippen molar-refractivity contribution >= 4 is 35.2 Å². The number of hydrogen-bond donors (Lipinski definition) is 2. The van der Waals surface area contributed by atoms with Crippen molar-refractivity contribution in [1.29, 1.82) is 0 Å². The van der Waals surface area contributed by atoms with Crippen LogP contribution in [0.1, 0.15) is 78.7 Å². The van der Waals surface area contributed by atoms with Gasteiger partial charge in [0.1, 0.15) is 45.4 Å². The zero-order chi connectivity index (χ0) is 37.0. The molecule has 3 aromatic rings.